The first-order chi connectivity index (χ1) is 9.10. The zero-order chi connectivity index (χ0) is 15.6. The van der Waals surface area contributed by atoms with Gasteiger partial charge in [-0.15, -0.1) is 0 Å². The Labute approximate surface area is 124 Å². The van der Waals surface area contributed by atoms with Gasteiger partial charge in [0.25, 0.3) is 0 Å². The molecule has 0 saturated heterocycles. The van der Waals surface area contributed by atoms with E-state index in [1.165, 1.54) is 26.4 Å². The number of aliphatic imine (C=N–C) groups is 1. The molecule has 112 valence electrons. The molecule has 0 heterocycles. The second kappa shape index (κ2) is 6.03. The third-order valence-corrected chi connectivity index (χ3v) is 3.25. The van der Waals surface area contributed by atoms with Crippen molar-refractivity contribution in [1.29, 1.82) is 0 Å². The van der Waals surface area contributed by atoms with E-state index in [1.807, 2.05) is 0 Å². The van der Waals surface area contributed by atoms with Gasteiger partial charge < -0.3 is 9.47 Å². The Morgan fingerprint density at radius 3 is 2.30 bits per heavy atom. The van der Waals surface area contributed by atoms with Gasteiger partial charge in [-0.1, -0.05) is 15.9 Å². The van der Waals surface area contributed by atoms with E-state index in [4.69, 9.17) is 9.47 Å². The highest BCUT2D eigenvalue weighted by Gasteiger charge is 2.33. The number of hydrogen-bond acceptors (Lipinski definition) is 3. The van der Waals surface area contributed by atoms with Crippen LogP contribution in [0.3, 0.4) is 0 Å². The van der Waals surface area contributed by atoms with Crippen LogP contribution in [0.1, 0.15) is 13.8 Å². The molecule has 1 rings (SSSR count). The second-order valence-corrected chi connectivity index (χ2v) is 5.95. The highest BCUT2D eigenvalue weighted by Crippen LogP contribution is 2.34. The summed E-state index contributed by atoms with van der Waals surface area (Å²) in [5.41, 5.74) is -0.836. The molecule has 0 spiro atoms. The molecule has 0 aromatic heterocycles. The third kappa shape index (κ3) is 4.13. The summed E-state index contributed by atoms with van der Waals surface area (Å²) in [7, 11) is 2.87. The molecule has 1 unspecified atom stereocenters. The van der Waals surface area contributed by atoms with Gasteiger partial charge in [0.15, 0.2) is 0 Å². The lowest BCUT2D eigenvalue weighted by Gasteiger charge is -2.20. The van der Waals surface area contributed by atoms with Crippen molar-refractivity contribution in [1.82, 2.24) is 0 Å². The molecular formula is C13H15BrF3NO2. The lowest BCUT2D eigenvalue weighted by molar-refractivity contribution is -0.0592. The van der Waals surface area contributed by atoms with Crippen molar-refractivity contribution in [2.24, 2.45) is 4.99 Å². The van der Waals surface area contributed by atoms with E-state index in [-0.39, 0.29) is 5.70 Å². The molecule has 0 N–H and O–H groups in total. The van der Waals surface area contributed by atoms with E-state index in [2.05, 4.69) is 20.9 Å². The maximum atomic E-state index is 12.6. The third-order valence-electron chi connectivity index (χ3n) is 2.63. The maximum absolute atomic E-state index is 12.6. The Bertz CT molecular complexity index is 502. The minimum absolute atomic E-state index is 0.105. The zero-order valence-electron chi connectivity index (χ0n) is 11.5. The first kappa shape index (κ1) is 16.8. The number of halogens is 4. The fourth-order valence-corrected chi connectivity index (χ4v) is 2.04. The van der Waals surface area contributed by atoms with Crippen molar-refractivity contribution in [2.75, 3.05) is 14.2 Å². The average molecular weight is 354 g/mol. The van der Waals surface area contributed by atoms with Gasteiger partial charge in [0.05, 0.1) is 19.9 Å². The van der Waals surface area contributed by atoms with Gasteiger partial charge in [-0.2, -0.15) is 13.2 Å². The molecule has 0 saturated carbocycles. The summed E-state index contributed by atoms with van der Waals surface area (Å²) in [6.07, 6.45) is 0.0733. The predicted molar refractivity (Wildman–Crippen MR) is 74.8 cm³/mol. The summed E-state index contributed by atoms with van der Waals surface area (Å²) in [6, 6.07) is 0. The standard InChI is InChI=1S/C13H15BrF3NO2/c1-8(13(15,16)17)18-9-5-10(19-3)7-12(2,14)11(6-9)20-4/h5-7H,1-4H3. The summed E-state index contributed by atoms with van der Waals surface area (Å²) in [5, 5.41) is 0. The van der Waals surface area contributed by atoms with Crippen LogP contribution in [0.5, 0.6) is 0 Å². The lowest BCUT2D eigenvalue weighted by atomic mass is 10.1. The van der Waals surface area contributed by atoms with Crippen LogP contribution >= 0.6 is 15.9 Å². The smallest absolute Gasteiger partial charge is 0.429 e. The molecule has 20 heavy (non-hydrogen) atoms. The van der Waals surface area contributed by atoms with Crippen molar-refractivity contribution in [3.05, 3.63) is 35.4 Å². The molecule has 0 fully saturated rings. The number of nitrogens with zero attached hydrogens (tertiary/aromatic N) is 1. The van der Waals surface area contributed by atoms with Crippen LogP contribution in [-0.4, -0.2) is 30.4 Å². The van der Waals surface area contributed by atoms with Crippen LogP contribution in [-0.2, 0) is 9.47 Å². The number of rotatable bonds is 3. The van der Waals surface area contributed by atoms with E-state index in [0.29, 0.717) is 11.5 Å². The fourth-order valence-electron chi connectivity index (χ4n) is 1.54. The molecule has 1 aliphatic rings. The monoisotopic (exact) mass is 353 g/mol. The van der Waals surface area contributed by atoms with Crippen LogP contribution in [0.25, 0.3) is 0 Å². The fraction of sp³-hybridized carbons (Fsp3) is 0.462. The van der Waals surface area contributed by atoms with Gasteiger partial charge in [-0.05, 0) is 19.9 Å². The quantitative estimate of drug-likeness (QED) is 0.564. The molecule has 0 amide bonds. The van der Waals surface area contributed by atoms with Crippen LogP contribution in [0.15, 0.2) is 40.4 Å². The van der Waals surface area contributed by atoms with Gasteiger partial charge in [-0.25, -0.2) is 4.99 Å². The summed E-state index contributed by atoms with van der Waals surface area (Å²) in [5.74, 6) is 0.816. The minimum atomic E-state index is -4.47. The molecule has 0 aromatic rings. The van der Waals surface area contributed by atoms with E-state index >= 15 is 0 Å². The topological polar surface area (TPSA) is 30.8 Å². The number of alkyl halides is 4. The molecule has 0 bridgehead atoms. The summed E-state index contributed by atoms with van der Waals surface area (Å²) >= 11 is 3.43. The minimum Gasteiger partial charge on any atom is -0.499 e. The molecular weight excluding hydrogens is 339 g/mol. The molecule has 1 atom stereocenters. The van der Waals surface area contributed by atoms with Crippen LogP contribution in [0.2, 0.25) is 0 Å². The Balaban J connectivity index is 3.32. The highest BCUT2D eigenvalue weighted by atomic mass is 79.9. The first-order valence-electron chi connectivity index (χ1n) is 5.66. The number of hydrogen-bond donors (Lipinski definition) is 0. The molecule has 1 aliphatic carbocycles. The summed E-state index contributed by atoms with van der Waals surface area (Å²) in [6.45, 7) is 2.70. The van der Waals surface area contributed by atoms with E-state index in [0.717, 1.165) is 6.92 Å². The predicted octanol–water partition coefficient (Wildman–Crippen LogP) is 4.12. The van der Waals surface area contributed by atoms with Gasteiger partial charge in [0.2, 0.25) is 0 Å². The van der Waals surface area contributed by atoms with Crippen molar-refractivity contribution in [3.8, 4) is 0 Å². The van der Waals surface area contributed by atoms with Crippen molar-refractivity contribution >= 4 is 21.6 Å². The molecule has 3 nitrogen and oxygen atoms in total. The lowest BCUT2D eigenvalue weighted by Crippen LogP contribution is -2.19. The van der Waals surface area contributed by atoms with Gasteiger partial charge in [0, 0.05) is 12.2 Å². The van der Waals surface area contributed by atoms with Crippen molar-refractivity contribution in [2.45, 2.75) is 24.3 Å². The number of allylic oxidation sites excluding steroid dienone is 3. The number of methoxy groups -OCH3 is 2. The average Bonchev–Trinajstić information content (AvgIpc) is 2.44. The van der Waals surface area contributed by atoms with Crippen molar-refractivity contribution in [3.63, 3.8) is 0 Å². The molecule has 0 aliphatic heterocycles. The summed E-state index contributed by atoms with van der Waals surface area (Å²) < 4.78 is 47.3. The van der Waals surface area contributed by atoms with Crippen LogP contribution < -0.4 is 0 Å². The van der Waals surface area contributed by atoms with Crippen LogP contribution in [0, 0.1) is 0 Å². The molecule has 7 heteroatoms. The van der Waals surface area contributed by atoms with E-state index < -0.39 is 16.2 Å². The summed E-state index contributed by atoms with van der Waals surface area (Å²) in [4.78, 5) is 3.58. The van der Waals surface area contributed by atoms with Crippen LogP contribution in [0.4, 0.5) is 13.2 Å². The zero-order valence-corrected chi connectivity index (χ0v) is 13.1. The number of ether oxygens (including phenoxy) is 2. The SMILES string of the molecule is COC1=CC(C)(Br)C(OC)=CC(N=C(C)C(F)(F)F)=C1. The Kier molecular flexibility index (Phi) is 5.07. The largest absolute Gasteiger partial charge is 0.499 e. The molecule has 0 aromatic carbocycles. The van der Waals surface area contributed by atoms with Crippen molar-refractivity contribution < 1.29 is 22.6 Å². The Morgan fingerprint density at radius 1 is 1.25 bits per heavy atom. The van der Waals surface area contributed by atoms with E-state index in [1.54, 1.807) is 13.0 Å². The van der Waals surface area contributed by atoms with Gasteiger partial charge in [-0.3, -0.25) is 0 Å². The van der Waals surface area contributed by atoms with Gasteiger partial charge in [0.1, 0.15) is 21.6 Å². The normalized spacial score (nSPS) is 24.4. The Hall–Kier alpha value is -1.24. The Morgan fingerprint density at radius 2 is 1.85 bits per heavy atom. The first-order valence-corrected chi connectivity index (χ1v) is 6.45. The second-order valence-electron chi connectivity index (χ2n) is 4.30. The highest BCUT2D eigenvalue weighted by molar-refractivity contribution is 9.10. The molecule has 0 radical (unpaired) electrons. The van der Waals surface area contributed by atoms with Gasteiger partial charge >= 0.3 is 6.18 Å². The maximum Gasteiger partial charge on any atom is 0.429 e. The van der Waals surface area contributed by atoms with E-state index in [9.17, 15) is 13.2 Å².